The standard InChI is InChI=1S/C48H71N13O20/c1-21(2)36(45(77)58-32(19-63)48(80)81)60-43(75)30(15-35(69)70)55-44(76)31(18-62)57-47(79)38(24(5)65)61-42(74)29(13-25-9-7-6-8-10-25)56-46(78)37(23(4)64)59-33(66)17-51-41(73)28(11-12-34(67)68)54-39(71)22(3)53-40(72)27(49)14-26-16-50-20-52-26/h6-10,16,20-24,27-32,36-38,62-65H,11-15,17-19,49H2,1-5H3,(H,50,52)(H,51,73)(H,53,72)(H,54,71)(H,55,76)(H,56,78)(H,57,79)(H,58,77)(H,59,66)(H,60,75)(H,61,74)(H,67,68)(H,69,70)(H,80,81)/t22-,23+,24+,27-,28-,29-,30-,31-,32-,36-,37?,38-/m0/s1. The van der Waals surface area contributed by atoms with Gasteiger partial charge in [-0.2, -0.15) is 0 Å². The number of nitrogens with one attached hydrogen (secondary N) is 11. The number of carbonyl (C=O) groups excluding carboxylic acids is 10. The van der Waals surface area contributed by atoms with Crippen LogP contribution in [0.5, 0.6) is 0 Å². The van der Waals surface area contributed by atoms with Gasteiger partial charge in [-0.25, -0.2) is 9.78 Å². The Labute approximate surface area is 462 Å². The summed E-state index contributed by atoms with van der Waals surface area (Å²) < 4.78 is 0. The molecule has 0 radical (unpaired) electrons. The molecule has 33 nitrogen and oxygen atoms in total. The van der Waals surface area contributed by atoms with E-state index in [0.717, 1.165) is 13.8 Å². The van der Waals surface area contributed by atoms with Crippen LogP contribution in [0.15, 0.2) is 42.9 Å². The van der Waals surface area contributed by atoms with E-state index in [1.165, 1.54) is 45.4 Å². The molecule has 1 aromatic carbocycles. The lowest BCUT2D eigenvalue weighted by atomic mass is 10.0. The van der Waals surface area contributed by atoms with Gasteiger partial charge in [0, 0.05) is 31.2 Å². The van der Waals surface area contributed by atoms with Crippen LogP contribution in [0.2, 0.25) is 0 Å². The number of aliphatic carboxylic acids is 3. The first-order valence-corrected chi connectivity index (χ1v) is 25.0. The lowest BCUT2D eigenvalue weighted by Gasteiger charge is -2.28. The van der Waals surface area contributed by atoms with Gasteiger partial charge in [0.2, 0.25) is 59.1 Å². The van der Waals surface area contributed by atoms with E-state index < -0.39 is 195 Å². The summed E-state index contributed by atoms with van der Waals surface area (Å²) in [5.74, 6) is -16.8. The maximum Gasteiger partial charge on any atom is 0.328 e. The molecule has 81 heavy (non-hydrogen) atoms. The number of hydrogen-bond donors (Lipinski definition) is 19. The number of imidazole rings is 1. The number of H-pyrrole nitrogens is 1. The van der Waals surface area contributed by atoms with Gasteiger partial charge in [-0.3, -0.25) is 57.5 Å². The maximum absolute atomic E-state index is 14.0. The predicted molar refractivity (Wildman–Crippen MR) is 276 cm³/mol. The van der Waals surface area contributed by atoms with Crippen molar-refractivity contribution in [2.24, 2.45) is 11.7 Å². The van der Waals surface area contributed by atoms with Crippen LogP contribution in [0.3, 0.4) is 0 Å². The number of benzene rings is 1. The van der Waals surface area contributed by atoms with Crippen molar-refractivity contribution in [3.05, 3.63) is 54.1 Å². The van der Waals surface area contributed by atoms with E-state index in [9.17, 15) is 98.1 Å². The Morgan fingerprint density at radius 2 is 1.05 bits per heavy atom. The average molecular weight is 1150 g/mol. The highest BCUT2D eigenvalue weighted by Crippen LogP contribution is 2.09. The minimum Gasteiger partial charge on any atom is -0.481 e. The lowest BCUT2D eigenvalue weighted by molar-refractivity contribution is -0.144. The normalized spacial score (nSPS) is 15.5. The van der Waals surface area contributed by atoms with Crippen LogP contribution in [0, 0.1) is 5.92 Å². The highest BCUT2D eigenvalue weighted by molar-refractivity contribution is 5.99. The van der Waals surface area contributed by atoms with Gasteiger partial charge in [-0.05, 0) is 38.7 Å². The minimum atomic E-state index is -2.02. The molecule has 448 valence electrons. The van der Waals surface area contributed by atoms with Crippen molar-refractivity contribution < 1.29 is 98.1 Å². The zero-order valence-electron chi connectivity index (χ0n) is 44.7. The first-order valence-electron chi connectivity index (χ1n) is 25.0. The number of amides is 10. The summed E-state index contributed by atoms with van der Waals surface area (Å²) >= 11 is 0. The second-order valence-corrected chi connectivity index (χ2v) is 18.8. The smallest absolute Gasteiger partial charge is 0.328 e. The van der Waals surface area contributed by atoms with Crippen LogP contribution >= 0.6 is 0 Å². The van der Waals surface area contributed by atoms with Gasteiger partial charge in [0.25, 0.3) is 0 Å². The van der Waals surface area contributed by atoms with Crippen molar-refractivity contribution in [2.75, 3.05) is 19.8 Å². The fourth-order valence-electron chi connectivity index (χ4n) is 7.19. The van der Waals surface area contributed by atoms with Crippen molar-refractivity contribution in [3.63, 3.8) is 0 Å². The first-order chi connectivity index (χ1) is 38.0. The monoisotopic (exact) mass is 1150 g/mol. The predicted octanol–water partition coefficient (Wildman–Crippen LogP) is -8.15. The maximum atomic E-state index is 14.0. The molecule has 0 aliphatic carbocycles. The zero-order valence-corrected chi connectivity index (χ0v) is 44.7. The fourth-order valence-corrected chi connectivity index (χ4v) is 7.19. The quantitative estimate of drug-likeness (QED) is 0.0305. The van der Waals surface area contributed by atoms with Crippen LogP contribution in [0.25, 0.3) is 0 Å². The molecule has 10 amide bonds. The molecule has 1 unspecified atom stereocenters. The van der Waals surface area contributed by atoms with Gasteiger partial charge in [0.1, 0.15) is 54.4 Å². The summed E-state index contributed by atoms with van der Waals surface area (Å²) in [5.41, 5.74) is 6.85. The Morgan fingerprint density at radius 3 is 1.57 bits per heavy atom. The van der Waals surface area contributed by atoms with Crippen LogP contribution in [0.1, 0.15) is 65.1 Å². The number of rotatable bonds is 35. The number of nitrogens with two attached hydrogens (primary N) is 1. The molecule has 12 atom stereocenters. The van der Waals surface area contributed by atoms with Crippen molar-refractivity contribution in [3.8, 4) is 0 Å². The van der Waals surface area contributed by atoms with Gasteiger partial charge in [0.15, 0.2) is 0 Å². The Morgan fingerprint density at radius 1 is 0.543 bits per heavy atom. The van der Waals surface area contributed by atoms with E-state index in [1.54, 1.807) is 18.2 Å². The second kappa shape index (κ2) is 33.7. The molecule has 2 aromatic rings. The number of aliphatic hydroxyl groups excluding tert-OH is 4. The van der Waals surface area contributed by atoms with Crippen molar-refractivity contribution in [2.45, 2.75) is 139 Å². The third-order valence-corrected chi connectivity index (χ3v) is 11.7. The molecule has 1 heterocycles. The topological polar surface area (TPSA) is 539 Å². The van der Waals surface area contributed by atoms with Crippen LogP contribution in [-0.2, 0) is 75.2 Å². The van der Waals surface area contributed by atoms with Gasteiger partial charge >= 0.3 is 17.9 Å². The third-order valence-electron chi connectivity index (χ3n) is 11.7. The van der Waals surface area contributed by atoms with Crippen molar-refractivity contribution >= 4 is 77.0 Å². The molecule has 0 aliphatic rings. The highest BCUT2D eigenvalue weighted by atomic mass is 16.4. The van der Waals surface area contributed by atoms with E-state index in [1.807, 2.05) is 10.6 Å². The number of carbonyl (C=O) groups is 13. The molecule has 20 N–H and O–H groups in total. The second-order valence-electron chi connectivity index (χ2n) is 18.8. The summed E-state index contributed by atoms with van der Waals surface area (Å²) in [6.07, 6.45) is -3.26. The summed E-state index contributed by atoms with van der Waals surface area (Å²) in [5, 5.41) is 90.7. The highest BCUT2D eigenvalue weighted by Gasteiger charge is 2.37. The molecule has 0 bridgehead atoms. The molecule has 1 aromatic heterocycles. The lowest BCUT2D eigenvalue weighted by Crippen LogP contribution is -2.63. The van der Waals surface area contributed by atoms with E-state index in [2.05, 4.69) is 52.5 Å². The Bertz CT molecular complexity index is 2520. The molecule has 0 fully saturated rings. The number of nitrogens with zero attached hydrogens (tertiary/aromatic N) is 1. The van der Waals surface area contributed by atoms with Crippen molar-refractivity contribution in [1.29, 1.82) is 0 Å². The Kier molecular flexibility index (Phi) is 28.5. The number of aromatic amines is 1. The molecular weight excluding hydrogens is 1080 g/mol. The van der Waals surface area contributed by atoms with Gasteiger partial charge in [-0.1, -0.05) is 44.2 Å². The van der Waals surface area contributed by atoms with Gasteiger partial charge < -0.3 is 99.6 Å². The molecule has 0 aliphatic heterocycles. The van der Waals surface area contributed by atoms with Crippen LogP contribution in [0.4, 0.5) is 0 Å². The molecule has 0 saturated heterocycles. The van der Waals surface area contributed by atoms with Gasteiger partial charge in [-0.15, -0.1) is 0 Å². The van der Waals surface area contributed by atoms with E-state index in [-0.39, 0.29) is 12.8 Å². The van der Waals surface area contributed by atoms with E-state index in [4.69, 9.17) is 5.73 Å². The Hall–Kier alpha value is -8.66. The van der Waals surface area contributed by atoms with Crippen LogP contribution < -0.4 is 58.9 Å². The van der Waals surface area contributed by atoms with E-state index >= 15 is 0 Å². The molecule has 0 spiro atoms. The number of aliphatic hydroxyl groups is 4. The average Bonchev–Trinajstić information content (AvgIpc) is 3.92. The first kappa shape index (κ1) is 68.4. The minimum absolute atomic E-state index is 0.0367. The van der Waals surface area contributed by atoms with Crippen LogP contribution in [-0.4, -0.2) is 215 Å². The Balaban J connectivity index is 2.25. The molecule has 2 rings (SSSR count). The molecular formula is C48H71N13O20. The molecule has 33 heteroatoms. The van der Waals surface area contributed by atoms with Gasteiger partial charge in [0.05, 0.1) is 50.8 Å². The number of carboxylic acids is 3. The number of carboxylic acid groups (broad SMARTS) is 3. The summed E-state index contributed by atoms with van der Waals surface area (Å²) in [6.45, 7) is 3.03. The summed E-state index contributed by atoms with van der Waals surface area (Å²) in [4.78, 5) is 174. The van der Waals surface area contributed by atoms with Crippen molar-refractivity contribution in [1.82, 2.24) is 63.1 Å². The summed E-state index contributed by atoms with van der Waals surface area (Å²) in [6, 6.07) is -9.04. The fraction of sp³-hybridized carbons (Fsp3) is 0.542. The third kappa shape index (κ3) is 23.7. The van der Waals surface area contributed by atoms with E-state index in [0.29, 0.717) is 11.3 Å². The largest absolute Gasteiger partial charge is 0.481 e. The number of hydrogen-bond acceptors (Lipinski definition) is 19. The zero-order chi connectivity index (χ0) is 61.3. The molecule has 0 saturated carbocycles. The summed E-state index contributed by atoms with van der Waals surface area (Å²) in [7, 11) is 0. The SMILES string of the molecule is CC(C)[C@H](NC(=O)[C@H](CC(=O)O)NC(=O)[C@H](CO)NC(=O)[C@@H](NC(=O)[C@H](Cc1ccccc1)NC(=O)C(NC(=O)CNC(=O)[C@H](CCC(=O)O)NC(=O)[C@H](C)NC(=O)[C@@H](N)Cc1cnc[nH]1)[C@@H](C)O)[C@@H](C)O)C(=O)N[C@@H](CO)C(=O)O. The number of aromatic nitrogens is 2.